The summed E-state index contributed by atoms with van der Waals surface area (Å²) in [6.07, 6.45) is 1.40. The van der Waals surface area contributed by atoms with Crippen LogP contribution in [0.2, 0.25) is 0 Å². The van der Waals surface area contributed by atoms with E-state index in [-0.39, 0.29) is 11.5 Å². The van der Waals surface area contributed by atoms with Crippen molar-refractivity contribution >= 4 is 22.8 Å². The first-order valence-electron chi connectivity index (χ1n) is 7.63. The molecule has 0 radical (unpaired) electrons. The molecule has 0 atom stereocenters. The third kappa shape index (κ3) is 3.21. The predicted octanol–water partition coefficient (Wildman–Crippen LogP) is 0.877. The normalized spacial score (nSPS) is 16.7. The van der Waals surface area contributed by atoms with E-state index in [4.69, 9.17) is 4.84 Å². The lowest BCUT2D eigenvalue weighted by atomic mass is 9.98. The average Bonchev–Trinajstić information content (AvgIpc) is 2.92. The number of nitrogens with one attached hydrogen (secondary N) is 2. The SMILES string of the molecule is CC(C)(C)C(=O)ON1CCN(c2cc3nc[nH]c(=O)c3[nH]2)CC1. The van der Waals surface area contributed by atoms with Crippen LogP contribution in [0.25, 0.3) is 11.0 Å². The maximum atomic E-state index is 11.9. The summed E-state index contributed by atoms with van der Waals surface area (Å²) in [4.78, 5) is 41.0. The van der Waals surface area contributed by atoms with Gasteiger partial charge in [-0.05, 0) is 20.8 Å². The Bertz CT molecular complexity index is 765. The number of carbonyl (C=O) groups is 1. The van der Waals surface area contributed by atoms with Gasteiger partial charge in [0.2, 0.25) is 0 Å². The molecule has 8 heteroatoms. The molecule has 1 aliphatic rings. The summed E-state index contributed by atoms with van der Waals surface area (Å²) in [5.41, 5.74) is 0.425. The molecule has 2 aromatic heterocycles. The number of hydrogen-bond donors (Lipinski definition) is 2. The van der Waals surface area contributed by atoms with Crippen molar-refractivity contribution in [1.29, 1.82) is 0 Å². The summed E-state index contributed by atoms with van der Waals surface area (Å²) >= 11 is 0. The monoisotopic (exact) mass is 319 g/mol. The lowest BCUT2D eigenvalue weighted by Crippen LogP contribution is -2.48. The lowest BCUT2D eigenvalue weighted by Gasteiger charge is -2.34. The number of hydroxylamine groups is 2. The fourth-order valence-electron chi connectivity index (χ4n) is 2.38. The quantitative estimate of drug-likeness (QED) is 0.853. The van der Waals surface area contributed by atoms with E-state index in [1.807, 2.05) is 26.8 Å². The number of fused-ring (bicyclic) bond motifs is 1. The topological polar surface area (TPSA) is 94.3 Å². The standard InChI is InChI=1S/C15H21N5O3/c1-15(2,3)14(22)23-20-6-4-19(5-7-20)11-8-10-12(18-11)13(21)17-9-16-10/h8-9,18H,4-7H2,1-3H3,(H,16,17,21). The van der Waals surface area contributed by atoms with Crippen LogP contribution in [0.3, 0.4) is 0 Å². The molecule has 3 rings (SSSR count). The Labute approximate surface area is 133 Å². The molecule has 124 valence electrons. The molecule has 2 N–H and O–H groups in total. The number of hydrogen-bond acceptors (Lipinski definition) is 6. The second-order valence-electron chi connectivity index (χ2n) is 6.69. The van der Waals surface area contributed by atoms with E-state index in [1.54, 1.807) is 5.06 Å². The van der Waals surface area contributed by atoms with E-state index in [0.29, 0.717) is 37.2 Å². The number of carbonyl (C=O) groups excluding carboxylic acids is 1. The highest BCUT2D eigenvalue weighted by Crippen LogP contribution is 2.20. The van der Waals surface area contributed by atoms with Gasteiger partial charge in [0.1, 0.15) is 11.3 Å². The van der Waals surface area contributed by atoms with Crippen LogP contribution in [0.15, 0.2) is 17.2 Å². The molecule has 1 fully saturated rings. The van der Waals surface area contributed by atoms with Crippen LogP contribution >= 0.6 is 0 Å². The molecule has 3 heterocycles. The Morgan fingerprint density at radius 3 is 2.57 bits per heavy atom. The van der Waals surface area contributed by atoms with E-state index < -0.39 is 5.41 Å². The molecule has 8 nitrogen and oxygen atoms in total. The molecule has 23 heavy (non-hydrogen) atoms. The van der Waals surface area contributed by atoms with Gasteiger partial charge < -0.3 is 19.7 Å². The zero-order valence-corrected chi connectivity index (χ0v) is 13.5. The maximum Gasteiger partial charge on any atom is 0.330 e. The lowest BCUT2D eigenvalue weighted by molar-refractivity contribution is -0.201. The first-order chi connectivity index (χ1) is 10.8. The van der Waals surface area contributed by atoms with Gasteiger partial charge in [-0.1, -0.05) is 0 Å². The van der Waals surface area contributed by atoms with Crippen molar-refractivity contribution in [1.82, 2.24) is 20.0 Å². The van der Waals surface area contributed by atoms with Crippen molar-refractivity contribution in [3.8, 4) is 0 Å². The third-order valence-corrected chi connectivity index (χ3v) is 3.81. The summed E-state index contributed by atoms with van der Waals surface area (Å²) in [5, 5.41) is 1.69. The van der Waals surface area contributed by atoms with Gasteiger partial charge in [0.15, 0.2) is 0 Å². The molecule has 2 aromatic rings. The van der Waals surface area contributed by atoms with Gasteiger partial charge in [-0.3, -0.25) is 4.79 Å². The van der Waals surface area contributed by atoms with Crippen molar-refractivity contribution in [3.63, 3.8) is 0 Å². The van der Waals surface area contributed by atoms with Crippen molar-refractivity contribution < 1.29 is 9.63 Å². The Morgan fingerprint density at radius 2 is 1.96 bits per heavy atom. The number of H-pyrrole nitrogens is 2. The average molecular weight is 319 g/mol. The summed E-state index contributed by atoms with van der Waals surface area (Å²) in [6, 6.07) is 1.86. The van der Waals surface area contributed by atoms with Crippen molar-refractivity contribution in [2.45, 2.75) is 20.8 Å². The van der Waals surface area contributed by atoms with Gasteiger partial charge in [-0.15, -0.1) is 5.06 Å². The van der Waals surface area contributed by atoms with Crippen LogP contribution in [0, 0.1) is 5.41 Å². The minimum absolute atomic E-state index is 0.181. The molecule has 0 unspecified atom stereocenters. The fourth-order valence-corrected chi connectivity index (χ4v) is 2.38. The summed E-state index contributed by atoms with van der Waals surface area (Å²) in [5.74, 6) is 0.623. The van der Waals surface area contributed by atoms with E-state index >= 15 is 0 Å². The van der Waals surface area contributed by atoms with Crippen molar-refractivity contribution in [2.24, 2.45) is 5.41 Å². The van der Waals surface area contributed by atoms with Gasteiger partial charge in [0.05, 0.1) is 30.3 Å². The molecule has 0 bridgehead atoms. The number of aromatic nitrogens is 3. The smallest absolute Gasteiger partial charge is 0.330 e. The number of rotatable bonds is 2. The minimum Gasteiger partial charge on any atom is -0.367 e. The second-order valence-corrected chi connectivity index (χ2v) is 6.69. The summed E-state index contributed by atoms with van der Waals surface area (Å²) < 4.78 is 0. The molecular weight excluding hydrogens is 298 g/mol. The van der Waals surface area contributed by atoms with E-state index in [1.165, 1.54) is 6.33 Å². The molecule has 1 aliphatic heterocycles. The fraction of sp³-hybridized carbons (Fsp3) is 0.533. The summed E-state index contributed by atoms with van der Waals surface area (Å²) in [6.45, 7) is 8.12. The van der Waals surface area contributed by atoms with Crippen molar-refractivity contribution in [3.05, 3.63) is 22.7 Å². The maximum absolute atomic E-state index is 11.9. The van der Waals surface area contributed by atoms with Gasteiger partial charge in [0, 0.05) is 19.2 Å². The minimum atomic E-state index is -0.513. The highest BCUT2D eigenvalue weighted by molar-refractivity contribution is 5.79. The second kappa shape index (κ2) is 5.69. The Kier molecular flexibility index (Phi) is 3.85. The highest BCUT2D eigenvalue weighted by Gasteiger charge is 2.28. The van der Waals surface area contributed by atoms with Crippen LogP contribution in [-0.4, -0.2) is 52.2 Å². The number of piperazine rings is 1. The number of nitrogens with zero attached hydrogens (tertiary/aromatic N) is 3. The van der Waals surface area contributed by atoms with E-state index in [9.17, 15) is 9.59 Å². The molecule has 0 aliphatic carbocycles. The van der Waals surface area contributed by atoms with Crippen LogP contribution < -0.4 is 10.5 Å². The molecule has 0 amide bonds. The molecule has 0 aromatic carbocycles. The largest absolute Gasteiger partial charge is 0.367 e. The summed E-state index contributed by atoms with van der Waals surface area (Å²) in [7, 11) is 0. The zero-order chi connectivity index (χ0) is 16.6. The van der Waals surface area contributed by atoms with E-state index in [0.717, 1.165) is 5.82 Å². The number of aromatic amines is 2. The van der Waals surface area contributed by atoms with Crippen molar-refractivity contribution in [2.75, 3.05) is 31.1 Å². The van der Waals surface area contributed by atoms with Gasteiger partial charge in [-0.2, -0.15) is 0 Å². The molecule has 0 spiro atoms. The van der Waals surface area contributed by atoms with Gasteiger partial charge >= 0.3 is 5.97 Å². The van der Waals surface area contributed by atoms with Crippen LogP contribution in [-0.2, 0) is 9.63 Å². The predicted molar refractivity (Wildman–Crippen MR) is 86.0 cm³/mol. The first-order valence-corrected chi connectivity index (χ1v) is 7.63. The molecular formula is C15H21N5O3. The van der Waals surface area contributed by atoms with Crippen LogP contribution in [0.1, 0.15) is 20.8 Å². The molecule has 1 saturated heterocycles. The van der Waals surface area contributed by atoms with Gasteiger partial charge in [-0.25, -0.2) is 9.78 Å². The highest BCUT2D eigenvalue weighted by atomic mass is 16.7. The Hall–Kier alpha value is -2.35. The first kappa shape index (κ1) is 15.5. The third-order valence-electron chi connectivity index (χ3n) is 3.81. The van der Waals surface area contributed by atoms with Crippen LogP contribution in [0.5, 0.6) is 0 Å². The van der Waals surface area contributed by atoms with E-state index in [2.05, 4.69) is 19.9 Å². The molecule has 0 saturated carbocycles. The Balaban J connectivity index is 1.65. The Morgan fingerprint density at radius 1 is 1.26 bits per heavy atom. The van der Waals surface area contributed by atoms with Gasteiger partial charge in [0.25, 0.3) is 5.56 Å². The van der Waals surface area contributed by atoms with Crippen LogP contribution in [0.4, 0.5) is 5.82 Å². The zero-order valence-electron chi connectivity index (χ0n) is 13.5. The number of anilines is 1.